The number of ether oxygens (including phenoxy) is 1. The van der Waals surface area contributed by atoms with Gasteiger partial charge in [0.25, 0.3) is 11.8 Å². The molecule has 0 bridgehead atoms. The van der Waals surface area contributed by atoms with Crippen molar-refractivity contribution in [3.8, 4) is 0 Å². The summed E-state index contributed by atoms with van der Waals surface area (Å²) in [5.41, 5.74) is 0.956. The standard InChI is InChI=1S/C20H14Cl2N2O5/c21-12-5-6-15(22)16(8-12)23-9-11(7-17(23)25)20(28)29-10-24-18(26)13-3-1-2-4-14(13)19(24)27/h1-6,8,11H,7,9-10H2/t11-/m0/s1. The lowest BCUT2D eigenvalue weighted by Crippen LogP contribution is -2.35. The van der Waals surface area contributed by atoms with Crippen LogP contribution in [0.5, 0.6) is 0 Å². The quantitative estimate of drug-likeness (QED) is 0.547. The summed E-state index contributed by atoms with van der Waals surface area (Å²) >= 11 is 12.1. The summed E-state index contributed by atoms with van der Waals surface area (Å²) in [6.45, 7) is -0.437. The molecule has 2 aromatic rings. The van der Waals surface area contributed by atoms with Crippen LogP contribution in [0.4, 0.5) is 5.69 Å². The lowest BCUT2D eigenvalue weighted by Gasteiger charge is -2.19. The van der Waals surface area contributed by atoms with Crippen LogP contribution >= 0.6 is 23.2 Å². The zero-order valence-corrected chi connectivity index (χ0v) is 16.4. The Morgan fingerprint density at radius 3 is 2.34 bits per heavy atom. The molecule has 2 aliphatic heterocycles. The number of imide groups is 1. The van der Waals surface area contributed by atoms with Gasteiger partial charge in [0.05, 0.1) is 27.8 Å². The molecular formula is C20H14Cl2N2O5. The van der Waals surface area contributed by atoms with E-state index in [2.05, 4.69) is 0 Å². The number of hydrogen-bond donors (Lipinski definition) is 0. The SMILES string of the molecule is O=C(OCN1C(=O)c2ccccc2C1=O)[C@H]1CC(=O)N(c2cc(Cl)ccc2Cl)C1. The van der Waals surface area contributed by atoms with Crippen molar-refractivity contribution >= 4 is 52.6 Å². The molecule has 4 rings (SSSR count). The van der Waals surface area contributed by atoms with E-state index in [1.54, 1.807) is 42.5 Å². The third-order valence-corrected chi connectivity index (χ3v) is 5.43. The first kappa shape index (κ1) is 19.4. The molecule has 1 fully saturated rings. The van der Waals surface area contributed by atoms with Crippen LogP contribution < -0.4 is 4.90 Å². The minimum absolute atomic E-state index is 0.0657. The monoisotopic (exact) mass is 432 g/mol. The maximum atomic E-state index is 12.5. The second-order valence-corrected chi connectivity index (χ2v) is 7.52. The van der Waals surface area contributed by atoms with Crippen LogP contribution in [-0.2, 0) is 14.3 Å². The van der Waals surface area contributed by atoms with Crippen molar-refractivity contribution < 1.29 is 23.9 Å². The second kappa shape index (κ2) is 7.50. The van der Waals surface area contributed by atoms with Crippen molar-refractivity contribution in [1.82, 2.24) is 4.90 Å². The molecule has 2 heterocycles. The number of fused-ring (bicyclic) bond motifs is 1. The van der Waals surface area contributed by atoms with Crippen LogP contribution in [0.1, 0.15) is 27.1 Å². The summed E-state index contributed by atoms with van der Waals surface area (Å²) in [5.74, 6) is -2.75. The highest BCUT2D eigenvalue weighted by Crippen LogP contribution is 2.34. The predicted molar refractivity (Wildman–Crippen MR) is 105 cm³/mol. The molecule has 0 unspecified atom stereocenters. The fraction of sp³-hybridized carbons (Fsp3) is 0.200. The Balaban J connectivity index is 1.41. The highest BCUT2D eigenvalue weighted by atomic mass is 35.5. The molecule has 2 aliphatic rings. The molecule has 2 aromatic carbocycles. The molecule has 0 aliphatic carbocycles. The highest BCUT2D eigenvalue weighted by molar-refractivity contribution is 6.36. The van der Waals surface area contributed by atoms with Crippen LogP contribution in [0.3, 0.4) is 0 Å². The van der Waals surface area contributed by atoms with E-state index in [1.807, 2.05) is 0 Å². The molecule has 0 N–H and O–H groups in total. The summed E-state index contributed by atoms with van der Waals surface area (Å²) in [4.78, 5) is 51.7. The first-order chi connectivity index (χ1) is 13.9. The topological polar surface area (TPSA) is 84.0 Å². The minimum Gasteiger partial charge on any atom is -0.443 e. The summed E-state index contributed by atoms with van der Waals surface area (Å²) in [5, 5.41) is 0.747. The summed E-state index contributed by atoms with van der Waals surface area (Å²) in [6, 6.07) is 11.1. The Morgan fingerprint density at radius 1 is 1.03 bits per heavy atom. The molecule has 9 heteroatoms. The summed E-state index contributed by atoms with van der Waals surface area (Å²) in [6.07, 6.45) is -0.0657. The number of esters is 1. The van der Waals surface area contributed by atoms with Gasteiger partial charge in [0.15, 0.2) is 6.73 Å². The van der Waals surface area contributed by atoms with Gasteiger partial charge in [-0.3, -0.25) is 19.2 Å². The van der Waals surface area contributed by atoms with E-state index in [4.69, 9.17) is 27.9 Å². The van der Waals surface area contributed by atoms with Crippen molar-refractivity contribution in [3.05, 3.63) is 63.6 Å². The first-order valence-corrected chi connectivity index (χ1v) is 9.49. The molecule has 0 radical (unpaired) electrons. The van der Waals surface area contributed by atoms with Crippen LogP contribution in [-0.4, -0.2) is 41.9 Å². The van der Waals surface area contributed by atoms with Crippen LogP contribution in [0, 0.1) is 5.92 Å². The zero-order valence-electron chi connectivity index (χ0n) is 14.9. The number of amides is 3. The lowest BCUT2D eigenvalue weighted by molar-refractivity contribution is -0.151. The molecule has 0 aromatic heterocycles. The second-order valence-electron chi connectivity index (χ2n) is 6.68. The number of carbonyl (C=O) groups excluding carboxylic acids is 4. The van der Waals surface area contributed by atoms with Crippen LogP contribution in [0.25, 0.3) is 0 Å². The molecule has 0 saturated carbocycles. The van der Waals surface area contributed by atoms with Crippen molar-refractivity contribution in [2.45, 2.75) is 6.42 Å². The van der Waals surface area contributed by atoms with Gasteiger partial charge in [-0.1, -0.05) is 35.3 Å². The van der Waals surface area contributed by atoms with E-state index >= 15 is 0 Å². The number of benzene rings is 2. The fourth-order valence-electron chi connectivity index (χ4n) is 3.39. The average molecular weight is 433 g/mol. The Labute approximate surface area is 175 Å². The molecule has 29 heavy (non-hydrogen) atoms. The molecule has 1 saturated heterocycles. The average Bonchev–Trinajstić information content (AvgIpc) is 3.21. The zero-order chi connectivity index (χ0) is 20.7. The van der Waals surface area contributed by atoms with Crippen molar-refractivity contribution in [1.29, 1.82) is 0 Å². The summed E-state index contributed by atoms with van der Waals surface area (Å²) < 4.78 is 5.18. The molecule has 148 valence electrons. The van der Waals surface area contributed by atoms with Gasteiger partial charge in [-0.2, -0.15) is 0 Å². The Kier molecular flexibility index (Phi) is 5.02. The summed E-state index contributed by atoms with van der Waals surface area (Å²) in [7, 11) is 0. The normalized spacial score (nSPS) is 18.4. The number of hydrogen-bond acceptors (Lipinski definition) is 5. The Bertz CT molecular complexity index is 1020. The molecule has 3 amide bonds. The van der Waals surface area contributed by atoms with Gasteiger partial charge in [0, 0.05) is 18.0 Å². The van der Waals surface area contributed by atoms with E-state index < -0.39 is 30.4 Å². The molecule has 0 spiro atoms. The minimum atomic E-state index is -0.743. The van der Waals surface area contributed by atoms with E-state index in [0.717, 1.165) is 4.90 Å². The van der Waals surface area contributed by atoms with E-state index in [0.29, 0.717) is 15.7 Å². The maximum Gasteiger partial charge on any atom is 0.313 e. The van der Waals surface area contributed by atoms with Crippen molar-refractivity contribution in [3.63, 3.8) is 0 Å². The van der Waals surface area contributed by atoms with Crippen LogP contribution in [0.2, 0.25) is 10.0 Å². The van der Waals surface area contributed by atoms with Gasteiger partial charge < -0.3 is 9.64 Å². The van der Waals surface area contributed by atoms with E-state index in [1.165, 1.54) is 4.90 Å². The number of rotatable bonds is 4. The largest absolute Gasteiger partial charge is 0.443 e. The van der Waals surface area contributed by atoms with Crippen molar-refractivity contribution in [2.75, 3.05) is 18.2 Å². The van der Waals surface area contributed by atoms with Crippen LogP contribution in [0.15, 0.2) is 42.5 Å². The van der Waals surface area contributed by atoms with Gasteiger partial charge in [-0.15, -0.1) is 0 Å². The lowest BCUT2D eigenvalue weighted by atomic mass is 10.1. The molecule has 1 atom stereocenters. The fourth-order valence-corrected chi connectivity index (χ4v) is 3.78. The molecule has 7 nitrogen and oxygen atoms in total. The number of nitrogens with zero attached hydrogens (tertiary/aromatic N) is 2. The maximum absolute atomic E-state index is 12.5. The number of carbonyl (C=O) groups is 4. The number of anilines is 1. The first-order valence-electron chi connectivity index (χ1n) is 8.74. The third kappa shape index (κ3) is 3.47. The smallest absolute Gasteiger partial charge is 0.313 e. The van der Waals surface area contributed by atoms with Gasteiger partial charge in [-0.05, 0) is 30.3 Å². The van der Waals surface area contributed by atoms with E-state index in [-0.39, 0.29) is 30.0 Å². The Morgan fingerprint density at radius 2 is 1.69 bits per heavy atom. The van der Waals surface area contributed by atoms with Crippen molar-refractivity contribution in [2.24, 2.45) is 5.92 Å². The van der Waals surface area contributed by atoms with Gasteiger partial charge in [0.1, 0.15) is 0 Å². The van der Waals surface area contributed by atoms with Gasteiger partial charge >= 0.3 is 5.97 Å². The van der Waals surface area contributed by atoms with Gasteiger partial charge in [-0.25, -0.2) is 4.90 Å². The van der Waals surface area contributed by atoms with Gasteiger partial charge in [0.2, 0.25) is 5.91 Å². The predicted octanol–water partition coefficient (Wildman–Crippen LogP) is 3.14. The molecular weight excluding hydrogens is 419 g/mol. The Hall–Kier alpha value is -2.90. The third-order valence-electron chi connectivity index (χ3n) is 4.87. The van der Waals surface area contributed by atoms with E-state index in [9.17, 15) is 19.2 Å². The number of halogens is 2. The highest BCUT2D eigenvalue weighted by Gasteiger charge is 2.39.